The molecule has 2 aromatic heterocycles. The Balaban J connectivity index is 1.92. The van der Waals surface area contributed by atoms with Crippen molar-refractivity contribution in [3.05, 3.63) is 23.9 Å². The molecular formula is C14H20N6O. The number of fused-ring (bicyclic) bond motifs is 1. The molecule has 1 aliphatic rings. The van der Waals surface area contributed by atoms with Crippen LogP contribution in [0.4, 0.5) is 5.95 Å². The van der Waals surface area contributed by atoms with E-state index in [9.17, 15) is 4.79 Å². The quantitative estimate of drug-likeness (QED) is 0.828. The lowest BCUT2D eigenvalue weighted by atomic mass is 10.2. The number of aromatic nitrogens is 3. The highest BCUT2D eigenvalue weighted by Gasteiger charge is 2.30. The van der Waals surface area contributed by atoms with Crippen LogP contribution in [-0.2, 0) is 4.79 Å². The van der Waals surface area contributed by atoms with E-state index in [4.69, 9.17) is 0 Å². The molecule has 2 N–H and O–H groups in total. The Morgan fingerprint density at radius 3 is 3.19 bits per heavy atom. The molecule has 1 aliphatic heterocycles. The van der Waals surface area contributed by atoms with Gasteiger partial charge in [0.25, 0.3) is 0 Å². The van der Waals surface area contributed by atoms with Crippen LogP contribution in [0.3, 0.4) is 0 Å². The van der Waals surface area contributed by atoms with E-state index in [1.54, 1.807) is 4.52 Å². The number of amides is 1. The zero-order valence-corrected chi connectivity index (χ0v) is 12.3. The SMILES string of the molecule is CCNC(=O)C1CNCCN1c1nc2ccc(C)cn2n1. The molecule has 3 heterocycles. The predicted molar refractivity (Wildman–Crippen MR) is 80.4 cm³/mol. The minimum absolute atomic E-state index is 0.0136. The number of carbonyl (C=O) groups is 1. The summed E-state index contributed by atoms with van der Waals surface area (Å²) in [5, 5.41) is 10.6. The van der Waals surface area contributed by atoms with Gasteiger partial charge in [-0.25, -0.2) is 4.52 Å². The van der Waals surface area contributed by atoms with E-state index in [2.05, 4.69) is 20.7 Å². The topological polar surface area (TPSA) is 74.6 Å². The average molecular weight is 288 g/mol. The van der Waals surface area contributed by atoms with E-state index in [1.807, 2.05) is 37.1 Å². The number of nitrogens with zero attached hydrogens (tertiary/aromatic N) is 4. The molecule has 0 radical (unpaired) electrons. The molecule has 7 nitrogen and oxygen atoms in total. The van der Waals surface area contributed by atoms with Gasteiger partial charge in [0.1, 0.15) is 6.04 Å². The molecule has 1 atom stereocenters. The summed E-state index contributed by atoms with van der Waals surface area (Å²) in [5.41, 5.74) is 1.92. The fourth-order valence-electron chi connectivity index (χ4n) is 2.57. The normalized spacial score (nSPS) is 19.0. The number of likely N-dealkylation sites (N-methyl/N-ethyl adjacent to an activating group) is 1. The zero-order valence-electron chi connectivity index (χ0n) is 12.3. The molecule has 1 amide bonds. The third kappa shape index (κ3) is 2.69. The number of pyridine rings is 1. The second kappa shape index (κ2) is 5.69. The molecule has 0 aromatic carbocycles. The molecule has 1 saturated heterocycles. The van der Waals surface area contributed by atoms with E-state index < -0.39 is 0 Å². The Labute approximate surface area is 123 Å². The molecule has 7 heteroatoms. The average Bonchev–Trinajstić information content (AvgIpc) is 2.90. The maximum absolute atomic E-state index is 12.2. The van der Waals surface area contributed by atoms with Crippen LogP contribution in [0.25, 0.3) is 5.65 Å². The summed E-state index contributed by atoms with van der Waals surface area (Å²) in [6.45, 7) is 6.72. The highest BCUT2D eigenvalue weighted by atomic mass is 16.2. The third-order valence-corrected chi connectivity index (χ3v) is 3.62. The van der Waals surface area contributed by atoms with Crippen LogP contribution >= 0.6 is 0 Å². The number of hydrogen-bond acceptors (Lipinski definition) is 5. The standard InChI is InChI=1S/C14H20N6O/c1-3-16-13(21)11-8-15-6-7-19(11)14-17-12-5-4-10(2)9-20(12)18-14/h4-5,9,11,15H,3,6-8H2,1-2H3,(H,16,21). The first kappa shape index (κ1) is 13.8. The van der Waals surface area contributed by atoms with Gasteiger partial charge in [-0.2, -0.15) is 4.98 Å². The predicted octanol–water partition coefficient (Wildman–Crippen LogP) is -0.0480. The highest BCUT2D eigenvalue weighted by Crippen LogP contribution is 2.16. The summed E-state index contributed by atoms with van der Waals surface area (Å²) in [5.74, 6) is 0.623. The number of nitrogens with one attached hydrogen (secondary N) is 2. The Morgan fingerprint density at radius 1 is 1.52 bits per heavy atom. The van der Waals surface area contributed by atoms with Gasteiger partial charge in [-0.3, -0.25) is 4.79 Å². The van der Waals surface area contributed by atoms with E-state index >= 15 is 0 Å². The fourth-order valence-corrected chi connectivity index (χ4v) is 2.57. The number of hydrogen-bond donors (Lipinski definition) is 2. The molecule has 0 spiro atoms. The van der Waals surface area contributed by atoms with Gasteiger partial charge in [-0.1, -0.05) is 6.07 Å². The van der Waals surface area contributed by atoms with Crippen molar-refractivity contribution < 1.29 is 4.79 Å². The van der Waals surface area contributed by atoms with Crippen molar-refractivity contribution in [2.24, 2.45) is 0 Å². The summed E-state index contributed by atoms with van der Waals surface area (Å²) >= 11 is 0. The number of piperazine rings is 1. The van der Waals surface area contributed by atoms with Gasteiger partial charge in [0.05, 0.1) is 0 Å². The van der Waals surface area contributed by atoms with Crippen molar-refractivity contribution in [1.82, 2.24) is 25.2 Å². The van der Waals surface area contributed by atoms with E-state index in [0.717, 1.165) is 24.3 Å². The van der Waals surface area contributed by atoms with Crippen LogP contribution < -0.4 is 15.5 Å². The summed E-state index contributed by atoms with van der Waals surface area (Å²) in [7, 11) is 0. The first-order valence-electron chi connectivity index (χ1n) is 7.27. The molecule has 21 heavy (non-hydrogen) atoms. The van der Waals surface area contributed by atoms with Crippen LogP contribution in [0.15, 0.2) is 18.3 Å². The van der Waals surface area contributed by atoms with E-state index in [-0.39, 0.29) is 11.9 Å². The van der Waals surface area contributed by atoms with Gasteiger partial charge in [0.2, 0.25) is 11.9 Å². The first-order chi connectivity index (χ1) is 10.2. The molecule has 3 rings (SSSR count). The Hall–Kier alpha value is -2.15. The molecular weight excluding hydrogens is 268 g/mol. The van der Waals surface area contributed by atoms with Crippen LogP contribution in [-0.4, -0.2) is 52.7 Å². The summed E-state index contributed by atoms with van der Waals surface area (Å²) in [4.78, 5) is 18.7. The summed E-state index contributed by atoms with van der Waals surface area (Å²) in [6.07, 6.45) is 1.94. The lowest BCUT2D eigenvalue weighted by molar-refractivity contribution is -0.122. The van der Waals surface area contributed by atoms with Crippen molar-refractivity contribution in [3.8, 4) is 0 Å². The summed E-state index contributed by atoms with van der Waals surface area (Å²) < 4.78 is 1.77. The molecule has 0 bridgehead atoms. The van der Waals surface area contributed by atoms with Crippen molar-refractivity contribution in [1.29, 1.82) is 0 Å². The Kier molecular flexibility index (Phi) is 3.74. The highest BCUT2D eigenvalue weighted by molar-refractivity contribution is 5.85. The van der Waals surface area contributed by atoms with Gasteiger partial charge >= 0.3 is 0 Å². The molecule has 1 fully saturated rings. The first-order valence-corrected chi connectivity index (χ1v) is 7.27. The second-order valence-corrected chi connectivity index (χ2v) is 5.23. The van der Waals surface area contributed by atoms with E-state index in [0.29, 0.717) is 19.0 Å². The number of aryl methyl sites for hydroxylation is 1. The minimum atomic E-state index is -0.266. The maximum atomic E-state index is 12.2. The van der Waals surface area contributed by atoms with Crippen molar-refractivity contribution in [3.63, 3.8) is 0 Å². The molecule has 0 aliphatic carbocycles. The van der Waals surface area contributed by atoms with Crippen LogP contribution in [0.5, 0.6) is 0 Å². The monoisotopic (exact) mass is 288 g/mol. The largest absolute Gasteiger partial charge is 0.355 e. The van der Waals surface area contributed by atoms with Crippen molar-refractivity contribution in [2.45, 2.75) is 19.9 Å². The van der Waals surface area contributed by atoms with Gasteiger partial charge in [0, 0.05) is 32.4 Å². The molecule has 0 saturated carbocycles. The van der Waals surface area contributed by atoms with E-state index in [1.165, 1.54) is 0 Å². The Bertz CT molecular complexity index is 652. The van der Waals surface area contributed by atoms with Crippen LogP contribution in [0, 0.1) is 6.92 Å². The number of carbonyl (C=O) groups excluding carboxylic acids is 1. The Morgan fingerprint density at radius 2 is 2.38 bits per heavy atom. The number of anilines is 1. The zero-order chi connectivity index (χ0) is 14.8. The van der Waals surface area contributed by atoms with Crippen molar-refractivity contribution in [2.75, 3.05) is 31.1 Å². The van der Waals surface area contributed by atoms with Crippen molar-refractivity contribution >= 4 is 17.5 Å². The third-order valence-electron chi connectivity index (χ3n) is 3.62. The van der Waals surface area contributed by atoms with Gasteiger partial charge in [-0.15, -0.1) is 5.10 Å². The molecule has 2 aromatic rings. The lowest BCUT2D eigenvalue weighted by Crippen LogP contribution is -2.58. The van der Waals surface area contributed by atoms with Gasteiger partial charge < -0.3 is 15.5 Å². The minimum Gasteiger partial charge on any atom is -0.355 e. The maximum Gasteiger partial charge on any atom is 0.246 e. The lowest BCUT2D eigenvalue weighted by Gasteiger charge is -2.34. The van der Waals surface area contributed by atoms with Crippen LogP contribution in [0.1, 0.15) is 12.5 Å². The summed E-state index contributed by atoms with van der Waals surface area (Å²) in [6, 6.07) is 3.68. The fraction of sp³-hybridized carbons (Fsp3) is 0.500. The molecule has 1 unspecified atom stereocenters. The smallest absolute Gasteiger partial charge is 0.246 e. The van der Waals surface area contributed by atoms with Crippen LogP contribution in [0.2, 0.25) is 0 Å². The van der Waals surface area contributed by atoms with Gasteiger partial charge in [0.15, 0.2) is 5.65 Å². The second-order valence-electron chi connectivity index (χ2n) is 5.23. The molecule has 112 valence electrons. The number of rotatable bonds is 3. The van der Waals surface area contributed by atoms with Gasteiger partial charge in [-0.05, 0) is 25.5 Å².